The maximum atomic E-state index is 10.6. The average Bonchev–Trinajstić information content (AvgIpc) is 2.26. The van der Waals surface area contributed by atoms with Crippen LogP contribution in [-0.4, -0.2) is 18.5 Å². The number of nitrogens with one attached hydrogen (secondary N) is 1. The van der Waals surface area contributed by atoms with Gasteiger partial charge in [-0.15, -0.1) is 0 Å². The Morgan fingerprint density at radius 3 is 2.94 bits per heavy atom. The molecule has 0 bridgehead atoms. The molecule has 0 unspecified atom stereocenters. The Labute approximate surface area is 98.8 Å². The van der Waals surface area contributed by atoms with Crippen LogP contribution in [0, 0.1) is 22.0 Å². The van der Waals surface area contributed by atoms with Crippen LogP contribution in [0.1, 0.15) is 12.0 Å². The van der Waals surface area contributed by atoms with E-state index in [1.807, 2.05) is 7.05 Å². The van der Waals surface area contributed by atoms with E-state index in [2.05, 4.69) is 17.2 Å². The summed E-state index contributed by atoms with van der Waals surface area (Å²) in [5.74, 6) is 5.76. The second-order valence-electron chi connectivity index (χ2n) is 3.08. The molecule has 0 fully saturated rings. The van der Waals surface area contributed by atoms with Crippen molar-refractivity contribution in [3.8, 4) is 11.8 Å². The van der Waals surface area contributed by atoms with Crippen molar-refractivity contribution < 1.29 is 4.92 Å². The van der Waals surface area contributed by atoms with Gasteiger partial charge in [-0.2, -0.15) is 0 Å². The first kappa shape index (κ1) is 12.5. The molecule has 1 rings (SSSR count). The van der Waals surface area contributed by atoms with Gasteiger partial charge in [-0.05, 0) is 19.2 Å². The summed E-state index contributed by atoms with van der Waals surface area (Å²) in [6, 6.07) is 4.54. The minimum absolute atomic E-state index is 0.109. The van der Waals surface area contributed by atoms with Gasteiger partial charge in [0.1, 0.15) is 5.02 Å². The molecule has 0 saturated heterocycles. The van der Waals surface area contributed by atoms with Gasteiger partial charge in [0.25, 0.3) is 5.69 Å². The van der Waals surface area contributed by atoms with E-state index in [-0.39, 0.29) is 10.7 Å². The fourth-order valence-electron chi connectivity index (χ4n) is 1.08. The molecule has 0 atom stereocenters. The van der Waals surface area contributed by atoms with Crippen molar-refractivity contribution in [2.45, 2.75) is 6.42 Å². The number of halogens is 1. The monoisotopic (exact) mass is 238 g/mol. The van der Waals surface area contributed by atoms with Crippen LogP contribution in [0.5, 0.6) is 0 Å². The van der Waals surface area contributed by atoms with E-state index in [4.69, 9.17) is 11.6 Å². The molecule has 1 aromatic carbocycles. The molecular formula is C11H11ClN2O2. The van der Waals surface area contributed by atoms with Gasteiger partial charge < -0.3 is 5.32 Å². The Morgan fingerprint density at radius 1 is 1.56 bits per heavy atom. The number of nitrogens with zero attached hydrogens (tertiary/aromatic N) is 1. The van der Waals surface area contributed by atoms with Crippen LogP contribution >= 0.6 is 11.6 Å². The van der Waals surface area contributed by atoms with Gasteiger partial charge in [0, 0.05) is 24.6 Å². The summed E-state index contributed by atoms with van der Waals surface area (Å²) >= 11 is 5.68. The molecule has 16 heavy (non-hydrogen) atoms. The summed E-state index contributed by atoms with van der Waals surface area (Å²) in [7, 11) is 1.84. The van der Waals surface area contributed by atoms with Gasteiger partial charge in [-0.1, -0.05) is 23.4 Å². The third-order valence-corrected chi connectivity index (χ3v) is 2.20. The summed E-state index contributed by atoms with van der Waals surface area (Å²) in [6.45, 7) is 0.794. The molecule has 0 aliphatic heterocycles. The molecule has 0 heterocycles. The van der Waals surface area contributed by atoms with Gasteiger partial charge >= 0.3 is 0 Å². The molecule has 84 valence electrons. The van der Waals surface area contributed by atoms with Crippen LogP contribution in [0.15, 0.2) is 18.2 Å². The van der Waals surface area contributed by atoms with Crippen molar-refractivity contribution in [3.05, 3.63) is 38.9 Å². The number of rotatable bonds is 3. The smallest absolute Gasteiger partial charge is 0.289 e. The molecule has 5 heteroatoms. The van der Waals surface area contributed by atoms with Crippen LogP contribution < -0.4 is 5.32 Å². The number of hydrogen-bond acceptors (Lipinski definition) is 3. The maximum absolute atomic E-state index is 10.6. The van der Waals surface area contributed by atoms with E-state index in [0.29, 0.717) is 12.0 Å². The lowest BCUT2D eigenvalue weighted by atomic mass is 10.2. The zero-order valence-corrected chi connectivity index (χ0v) is 9.54. The molecule has 0 amide bonds. The second kappa shape index (κ2) is 6.11. The van der Waals surface area contributed by atoms with Gasteiger partial charge in [0.2, 0.25) is 0 Å². The highest BCUT2D eigenvalue weighted by Gasteiger charge is 2.11. The zero-order chi connectivity index (χ0) is 12.0. The Balaban J connectivity index is 2.85. The van der Waals surface area contributed by atoms with Gasteiger partial charge in [-0.3, -0.25) is 10.1 Å². The molecule has 0 aliphatic rings. The van der Waals surface area contributed by atoms with E-state index in [0.717, 1.165) is 6.54 Å². The molecule has 1 aromatic rings. The summed E-state index contributed by atoms with van der Waals surface area (Å²) < 4.78 is 0. The first-order chi connectivity index (χ1) is 7.65. The second-order valence-corrected chi connectivity index (χ2v) is 3.49. The van der Waals surface area contributed by atoms with E-state index in [9.17, 15) is 10.1 Å². The first-order valence-electron chi connectivity index (χ1n) is 4.72. The highest BCUT2D eigenvalue weighted by Crippen LogP contribution is 2.24. The maximum Gasteiger partial charge on any atom is 0.289 e. The fraction of sp³-hybridized carbons (Fsp3) is 0.273. The van der Waals surface area contributed by atoms with Crippen LogP contribution in [0.3, 0.4) is 0 Å². The largest absolute Gasteiger partial charge is 0.319 e. The van der Waals surface area contributed by atoms with Crippen LogP contribution in [0.25, 0.3) is 0 Å². The third kappa shape index (κ3) is 3.54. The minimum atomic E-state index is -0.513. The van der Waals surface area contributed by atoms with Gasteiger partial charge in [0.15, 0.2) is 0 Å². The quantitative estimate of drug-likeness (QED) is 0.380. The molecule has 1 N–H and O–H groups in total. The predicted molar refractivity (Wildman–Crippen MR) is 63.5 cm³/mol. The van der Waals surface area contributed by atoms with Crippen molar-refractivity contribution in [2.75, 3.05) is 13.6 Å². The van der Waals surface area contributed by atoms with E-state index >= 15 is 0 Å². The van der Waals surface area contributed by atoms with Crippen molar-refractivity contribution in [2.24, 2.45) is 0 Å². The first-order valence-corrected chi connectivity index (χ1v) is 5.10. The van der Waals surface area contributed by atoms with Crippen LogP contribution in [0.4, 0.5) is 5.69 Å². The van der Waals surface area contributed by atoms with Crippen molar-refractivity contribution in [1.82, 2.24) is 5.32 Å². The van der Waals surface area contributed by atoms with Crippen LogP contribution in [0.2, 0.25) is 5.02 Å². The molecule has 0 radical (unpaired) electrons. The molecule has 0 spiro atoms. The predicted octanol–water partition coefficient (Wildman–Crippen LogP) is 2.21. The van der Waals surface area contributed by atoms with Crippen LogP contribution in [-0.2, 0) is 0 Å². The van der Waals surface area contributed by atoms with Gasteiger partial charge in [-0.25, -0.2) is 0 Å². The van der Waals surface area contributed by atoms with Gasteiger partial charge in [0.05, 0.1) is 4.92 Å². The highest BCUT2D eigenvalue weighted by atomic mass is 35.5. The number of hydrogen-bond donors (Lipinski definition) is 1. The van der Waals surface area contributed by atoms with Crippen molar-refractivity contribution >= 4 is 17.3 Å². The third-order valence-electron chi connectivity index (χ3n) is 1.88. The number of nitro benzene ring substituents is 1. The molecular weight excluding hydrogens is 228 g/mol. The average molecular weight is 239 g/mol. The molecule has 0 saturated carbocycles. The summed E-state index contributed by atoms with van der Waals surface area (Å²) in [6.07, 6.45) is 0.701. The Morgan fingerprint density at radius 2 is 2.31 bits per heavy atom. The van der Waals surface area contributed by atoms with E-state index in [1.165, 1.54) is 12.1 Å². The molecule has 0 aliphatic carbocycles. The molecule has 4 nitrogen and oxygen atoms in total. The topological polar surface area (TPSA) is 55.2 Å². The fourth-order valence-corrected chi connectivity index (χ4v) is 1.27. The molecule has 0 aromatic heterocycles. The zero-order valence-electron chi connectivity index (χ0n) is 8.79. The lowest BCUT2D eigenvalue weighted by Gasteiger charge is -1.95. The summed E-state index contributed by atoms with van der Waals surface area (Å²) in [5.41, 5.74) is 0.495. The summed E-state index contributed by atoms with van der Waals surface area (Å²) in [5, 5.41) is 13.7. The lowest BCUT2D eigenvalue weighted by molar-refractivity contribution is -0.384. The summed E-state index contributed by atoms with van der Waals surface area (Å²) in [4.78, 5) is 10.1. The Kier molecular flexibility index (Phi) is 4.77. The van der Waals surface area contributed by atoms with Crippen molar-refractivity contribution in [1.29, 1.82) is 0 Å². The van der Waals surface area contributed by atoms with Crippen molar-refractivity contribution in [3.63, 3.8) is 0 Å². The normalized spacial score (nSPS) is 9.38. The standard InChI is InChI=1S/C11H11ClN2O2/c1-13-7-3-2-4-9-5-6-10(12)11(8-9)14(15)16/h5-6,8,13H,3,7H2,1H3. The lowest BCUT2D eigenvalue weighted by Crippen LogP contribution is -2.05. The Bertz CT molecular complexity index is 449. The number of nitro groups is 1. The van der Waals surface area contributed by atoms with E-state index < -0.39 is 4.92 Å². The number of benzene rings is 1. The Hall–Kier alpha value is -1.57. The minimum Gasteiger partial charge on any atom is -0.319 e. The SMILES string of the molecule is CNCCC#Cc1ccc(Cl)c([N+](=O)[O-])c1. The highest BCUT2D eigenvalue weighted by molar-refractivity contribution is 6.32. The van der Waals surface area contributed by atoms with E-state index in [1.54, 1.807) is 6.07 Å².